The Bertz CT molecular complexity index is 430. The van der Waals surface area contributed by atoms with Crippen LogP contribution in [0.2, 0.25) is 0 Å². The summed E-state index contributed by atoms with van der Waals surface area (Å²) in [6, 6.07) is 0. The molecule has 0 saturated heterocycles. The minimum absolute atomic E-state index is 0.276. The smallest absolute Gasteiger partial charge is 0.331 e. The fraction of sp³-hybridized carbons (Fsp3) is 0.762. The van der Waals surface area contributed by atoms with Gasteiger partial charge in [0.05, 0.1) is 6.61 Å². The minimum Gasteiger partial charge on any atom is -0.478 e. The fourth-order valence-corrected chi connectivity index (χ4v) is 2.76. The second-order valence-electron chi connectivity index (χ2n) is 6.84. The van der Waals surface area contributed by atoms with E-state index in [0.29, 0.717) is 25.2 Å². The average Bonchev–Trinajstić information content (AvgIpc) is 2.64. The van der Waals surface area contributed by atoms with Crippen molar-refractivity contribution in [1.82, 2.24) is 0 Å². The number of ketones is 1. The van der Waals surface area contributed by atoms with E-state index >= 15 is 0 Å². The highest BCUT2D eigenvalue weighted by atomic mass is 16.5. The quantitative estimate of drug-likeness (QED) is 0.197. The first-order valence-electron chi connectivity index (χ1n) is 10.3. The zero-order chi connectivity index (χ0) is 20.2. The van der Waals surface area contributed by atoms with E-state index in [4.69, 9.17) is 14.9 Å². The lowest BCUT2D eigenvalue weighted by atomic mass is 10.0. The fourth-order valence-electron chi connectivity index (χ4n) is 2.76. The highest BCUT2D eigenvalue weighted by Gasteiger charge is 2.02. The van der Waals surface area contributed by atoms with Gasteiger partial charge in [0.1, 0.15) is 5.78 Å². The van der Waals surface area contributed by atoms with Gasteiger partial charge in [0.15, 0.2) is 0 Å². The predicted octanol–water partition coefficient (Wildman–Crippen LogP) is 4.19. The zero-order valence-corrected chi connectivity index (χ0v) is 16.5. The number of ether oxygens (including phenoxy) is 1. The maximum Gasteiger partial charge on any atom is 0.331 e. The van der Waals surface area contributed by atoms with Crippen LogP contribution < -0.4 is 0 Å². The number of carbonyl (C=O) groups excluding carboxylic acids is 2. The van der Waals surface area contributed by atoms with Crippen molar-refractivity contribution < 1.29 is 29.3 Å². The van der Waals surface area contributed by atoms with Crippen LogP contribution in [0.5, 0.6) is 0 Å². The molecule has 0 unspecified atom stereocenters. The maximum absolute atomic E-state index is 11.8. The lowest BCUT2D eigenvalue weighted by molar-refractivity contribution is -0.138. The van der Waals surface area contributed by atoms with E-state index < -0.39 is 11.9 Å². The van der Waals surface area contributed by atoms with Gasteiger partial charge < -0.3 is 14.9 Å². The number of esters is 1. The molecule has 6 heteroatoms. The summed E-state index contributed by atoms with van der Waals surface area (Å²) >= 11 is 0. The van der Waals surface area contributed by atoms with Gasteiger partial charge in [-0.25, -0.2) is 9.59 Å². The average molecular weight is 385 g/mol. The first kappa shape index (κ1) is 25.3. The molecule has 0 fully saturated rings. The van der Waals surface area contributed by atoms with Crippen molar-refractivity contribution in [3.8, 4) is 0 Å². The van der Waals surface area contributed by atoms with Gasteiger partial charge in [0, 0.05) is 31.6 Å². The van der Waals surface area contributed by atoms with Gasteiger partial charge in [0.25, 0.3) is 0 Å². The molecular formula is C21H36O6. The summed E-state index contributed by atoms with van der Waals surface area (Å²) in [4.78, 5) is 33.1. The first-order valence-corrected chi connectivity index (χ1v) is 10.3. The lowest BCUT2D eigenvalue weighted by Gasteiger charge is -2.04. The number of carbonyl (C=O) groups is 3. The third-order valence-corrected chi connectivity index (χ3v) is 4.32. The summed E-state index contributed by atoms with van der Waals surface area (Å²) in [7, 11) is 0. The van der Waals surface area contributed by atoms with E-state index in [0.717, 1.165) is 89.2 Å². The molecule has 0 saturated carbocycles. The zero-order valence-electron chi connectivity index (χ0n) is 16.5. The van der Waals surface area contributed by atoms with Crippen LogP contribution in [0.25, 0.3) is 0 Å². The van der Waals surface area contributed by atoms with Crippen molar-refractivity contribution in [2.75, 3.05) is 13.2 Å². The van der Waals surface area contributed by atoms with Gasteiger partial charge in [-0.3, -0.25) is 4.79 Å². The predicted molar refractivity (Wildman–Crippen MR) is 104 cm³/mol. The Morgan fingerprint density at radius 1 is 0.667 bits per heavy atom. The largest absolute Gasteiger partial charge is 0.478 e. The van der Waals surface area contributed by atoms with Crippen LogP contribution in [0.3, 0.4) is 0 Å². The van der Waals surface area contributed by atoms with Crippen LogP contribution >= 0.6 is 0 Å². The maximum atomic E-state index is 11.8. The molecule has 0 spiro atoms. The van der Waals surface area contributed by atoms with E-state index in [9.17, 15) is 14.4 Å². The summed E-state index contributed by atoms with van der Waals surface area (Å²) in [5.74, 6) is -1.42. The second kappa shape index (κ2) is 19.1. The third-order valence-electron chi connectivity index (χ3n) is 4.32. The number of rotatable bonds is 19. The van der Waals surface area contributed by atoms with Gasteiger partial charge in [-0.2, -0.15) is 0 Å². The Hall–Kier alpha value is -1.69. The van der Waals surface area contributed by atoms with Gasteiger partial charge in [-0.05, 0) is 25.7 Å². The molecular weight excluding hydrogens is 348 g/mol. The molecule has 0 heterocycles. The molecule has 0 aromatic heterocycles. The molecule has 2 N–H and O–H groups in total. The highest BCUT2D eigenvalue weighted by Crippen LogP contribution is 2.11. The van der Waals surface area contributed by atoms with Crippen LogP contribution in [0, 0.1) is 0 Å². The van der Waals surface area contributed by atoms with Gasteiger partial charge in [-0.15, -0.1) is 0 Å². The van der Waals surface area contributed by atoms with Gasteiger partial charge >= 0.3 is 11.9 Å². The van der Waals surface area contributed by atoms with Crippen LogP contribution in [0.15, 0.2) is 12.2 Å². The molecule has 0 aliphatic heterocycles. The van der Waals surface area contributed by atoms with Crippen LogP contribution in [0.1, 0.15) is 89.9 Å². The molecule has 0 amide bonds. The topological polar surface area (TPSA) is 101 Å². The summed E-state index contributed by atoms with van der Waals surface area (Å²) in [6.45, 7) is 0.583. The minimum atomic E-state index is -1.17. The summed E-state index contributed by atoms with van der Waals surface area (Å²) < 4.78 is 4.88. The van der Waals surface area contributed by atoms with E-state index in [1.807, 2.05) is 0 Å². The van der Waals surface area contributed by atoms with Crippen molar-refractivity contribution in [2.45, 2.75) is 89.9 Å². The Kier molecular flexibility index (Phi) is 17.9. The molecule has 0 atom stereocenters. The Balaban J connectivity index is 3.30. The molecule has 27 heavy (non-hydrogen) atoms. The SMILES string of the molecule is O=C(O)C=CC(=O)OCCCCCCCCC(=O)CCCCCCCCO. The number of aliphatic hydroxyl groups excluding tert-OH is 1. The van der Waals surface area contributed by atoms with Gasteiger partial charge in [-0.1, -0.05) is 51.4 Å². The van der Waals surface area contributed by atoms with Crippen LogP contribution in [0.4, 0.5) is 0 Å². The van der Waals surface area contributed by atoms with Crippen molar-refractivity contribution in [2.24, 2.45) is 0 Å². The lowest BCUT2D eigenvalue weighted by Crippen LogP contribution is -2.03. The monoisotopic (exact) mass is 384 g/mol. The number of hydrogen-bond donors (Lipinski definition) is 2. The summed E-state index contributed by atoms with van der Waals surface area (Å²) in [5, 5.41) is 17.1. The molecule has 0 aromatic carbocycles. The summed E-state index contributed by atoms with van der Waals surface area (Å²) in [5.41, 5.74) is 0. The van der Waals surface area contributed by atoms with E-state index in [2.05, 4.69) is 0 Å². The van der Waals surface area contributed by atoms with Crippen molar-refractivity contribution in [1.29, 1.82) is 0 Å². The Morgan fingerprint density at radius 3 is 1.67 bits per heavy atom. The number of carboxylic acids is 1. The number of aliphatic hydroxyl groups is 1. The summed E-state index contributed by atoms with van der Waals surface area (Å²) in [6.07, 6.45) is 15.2. The molecule has 0 rings (SSSR count). The van der Waals surface area contributed by atoms with Crippen LogP contribution in [-0.4, -0.2) is 41.1 Å². The Labute approximate surface area is 163 Å². The Morgan fingerprint density at radius 2 is 1.15 bits per heavy atom. The van der Waals surface area contributed by atoms with E-state index in [1.165, 1.54) is 0 Å². The molecule has 0 aromatic rings. The van der Waals surface area contributed by atoms with Crippen molar-refractivity contribution in [3.63, 3.8) is 0 Å². The number of carboxylic acid groups (broad SMARTS) is 1. The van der Waals surface area contributed by atoms with Gasteiger partial charge in [0.2, 0.25) is 0 Å². The highest BCUT2D eigenvalue weighted by molar-refractivity contribution is 5.90. The van der Waals surface area contributed by atoms with Crippen molar-refractivity contribution >= 4 is 17.7 Å². The second-order valence-corrected chi connectivity index (χ2v) is 6.84. The first-order chi connectivity index (χ1) is 13.1. The molecule has 156 valence electrons. The molecule has 6 nitrogen and oxygen atoms in total. The van der Waals surface area contributed by atoms with Crippen LogP contribution in [-0.2, 0) is 19.1 Å². The van der Waals surface area contributed by atoms with Crippen molar-refractivity contribution in [3.05, 3.63) is 12.2 Å². The van der Waals surface area contributed by atoms with E-state index in [-0.39, 0.29) is 6.61 Å². The molecule has 0 aliphatic carbocycles. The third kappa shape index (κ3) is 20.5. The molecule has 0 aliphatic rings. The van der Waals surface area contributed by atoms with E-state index in [1.54, 1.807) is 0 Å². The number of hydrogen-bond acceptors (Lipinski definition) is 5. The molecule has 0 bridgehead atoms. The normalized spacial score (nSPS) is 11.0. The number of aliphatic carboxylic acids is 1. The number of Topliss-reactive ketones (excluding diaryl/α,β-unsaturated/α-hetero) is 1. The number of unbranched alkanes of at least 4 members (excludes halogenated alkanes) is 10. The standard InChI is InChI=1S/C21H36O6/c22-17-11-7-3-1-5-9-13-19(23)14-10-6-2-4-8-12-18-27-21(26)16-15-20(24)25/h15-16,22H,1-14,17-18H2,(H,24,25). The molecule has 0 radical (unpaired) electrons.